The highest BCUT2D eigenvalue weighted by atomic mass is 16.3. The molecule has 0 aliphatic carbocycles. The molecular weight excluding hydrogens is 314 g/mol. The fraction of sp³-hybridized carbons (Fsp3) is 0.667. The van der Waals surface area contributed by atoms with Gasteiger partial charge in [-0.15, -0.1) is 0 Å². The number of rotatable bonds is 5. The monoisotopic (exact) mass is 349 g/mol. The molecule has 0 bridgehead atoms. The van der Waals surface area contributed by atoms with E-state index in [1.807, 2.05) is 12.1 Å². The van der Waals surface area contributed by atoms with Crippen molar-refractivity contribution in [3.05, 3.63) is 28.8 Å². The molecule has 3 N–H and O–H groups in total. The minimum atomic E-state index is -0.612. The second-order valence-corrected chi connectivity index (χ2v) is 9.63. The second-order valence-electron chi connectivity index (χ2n) is 9.63. The van der Waals surface area contributed by atoms with Crippen LogP contribution in [-0.4, -0.2) is 28.3 Å². The summed E-state index contributed by atoms with van der Waals surface area (Å²) in [7, 11) is 0. The van der Waals surface area contributed by atoms with Crippen molar-refractivity contribution in [2.75, 3.05) is 6.61 Å². The first-order valence-corrected chi connectivity index (χ1v) is 8.96. The number of phenolic OH excluding ortho intramolecular Hbond substituents is 1. The summed E-state index contributed by atoms with van der Waals surface area (Å²) < 4.78 is 0. The van der Waals surface area contributed by atoms with E-state index in [1.54, 1.807) is 13.8 Å². The summed E-state index contributed by atoms with van der Waals surface area (Å²) in [6.07, 6.45) is 0.946. The van der Waals surface area contributed by atoms with Crippen LogP contribution in [0.3, 0.4) is 0 Å². The third-order valence-corrected chi connectivity index (χ3v) is 4.30. The highest BCUT2D eigenvalue weighted by Gasteiger charge is 2.26. The van der Waals surface area contributed by atoms with Gasteiger partial charge in [0.25, 0.3) is 0 Å². The number of phenols is 1. The van der Waals surface area contributed by atoms with Crippen LogP contribution in [0.5, 0.6) is 5.75 Å². The number of aliphatic hydroxyl groups excluding tert-OH is 1. The van der Waals surface area contributed by atoms with Gasteiger partial charge in [-0.05, 0) is 47.8 Å². The number of hydrogen-bond acceptors (Lipinski definition) is 3. The maximum Gasteiger partial charge on any atom is 0.220 e. The van der Waals surface area contributed by atoms with Crippen molar-refractivity contribution in [3.63, 3.8) is 0 Å². The van der Waals surface area contributed by atoms with Crippen LogP contribution in [0.15, 0.2) is 12.1 Å². The highest BCUT2D eigenvalue weighted by Crippen LogP contribution is 2.39. The number of hydrogen-bond donors (Lipinski definition) is 3. The summed E-state index contributed by atoms with van der Waals surface area (Å²) in [6, 6.07) is 4.02. The van der Waals surface area contributed by atoms with E-state index < -0.39 is 5.54 Å². The van der Waals surface area contributed by atoms with E-state index in [-0.39, 0.29) is 23.3 Å². The second kappa shape index (κ2) is 7.36. The molecule has 0 radical (unpaired) electrons. The molecule has 4 nitrogen and oxygen atoms in total. The Balaban J connectivity index is 3.10. The summed E-state index contributed by atoms with van der Waals surface area (Å²) in [5, 5.41) is 22.8. The first-order chi connectivity index (χ1) is 11.2. The first-order valence-electron chi connectivity index (χ1n) is 8.96. The molecule has 0 unspecified atom stereocenters. The maximum atomic E-state index is 12.1. The molecule has 0 heterocycles. The first kappa shape index (κ1) is 21.5. The van der Waals surface area contributed by atoms with Crippen molar-refractivity contribution < 1.29 is 15.0 Å². The van der Waals surface area contributed by atoms with Gasteiger partial charge in [0, 0.05) is 6.42 Å². The summed E-state index contributed by atoms with van der Waals surface area (Å²) in [6.45, 7) is 16.0. The van der Waals surface area contributed by atoms with Crippen LogP contribution in [-0.2, 0) is 22.0 Å². The zero-order valence-electron chi connectivity index (χ0n) is 17.1. The SMILES string of the molecule is CC(C)(CO)NC(=O)CCc1cc(C(C)(C)C)c(O)c(C(C)(C)C)c1. The standard InChI is InChI=1S/C21H35NO3/c1-19(2,3)15-11-14(12-16(18(15)25)20(4,5)6)9-10-17(24)22-21(7,8)13-23/h11-12,23,25H,9-10,13H2,1-8H3,(H,22,24). The van der Waals surface area contributed by atoms with E-state index in [0.29, 0.717) is 18.6 Å². The number of carbonyl (C=O) groups excluding carboxylic acids is 1. The number of aliphatic hydroxyl groups is 1. The van der Waals surface area contributed by atoms with E-state index in [2.05, 4.69) is 46.9 Å². The Hall–Kier alpha value is -1.55. The lowest BCUT2D eigenvalue weighted by Gasteiger charge is -2.28. The van der Waals surface area contributed by atoms with Gasteiger partial charge >= 0.3 is 0 Å². The van der Waals surface area contributed by atoms with E-state index in [1.165, 1.54) is 0 Å². The van der Waals surface area contributed by atoms with Crippen molar-refractivity contribution in [2.24, 2.45) is 0 Å². The van der Waals surface area contributed by atoms with Crippen molar-refractivity contribution in [3.8, 4) is 5.75 Å². The topological polar surface area (TPSA) is 69.6 Å². The molecule has 0 atom stereocenters. The molecule has 142 valence electrons. The van der Waals surface area contributed by atoms with Crippen LogP contribution in [0.4, 0.5) is 0 Å². The van der Waals surface area contributed by atoms with Crippen LogP contribution < -0.4 is 5.32 Å². The Morgan fingerprint density at radius 2 is 1.40 bits per heavy atom. The van der Waals surface area contributed by atoms with E-state index in [0.717, 1.165) is 16.7 Å². The molecule has 0 aliphatic rings. The number of aryl methyl sites for hydroxylation is 1. The molecule has 1 aromatic rings. The van der Waals surface area contributed by atoms with Crippen LogP contribution in [0.25, 0.3) is 0 Å². The van der Waals surface area contributed by atoms with Crippen LogP contribution in [0, 0.1) is 0 Å². The summed E-state index contributed by atoms with van der Waals surface area (Å²) >= 11 is 0. The van der Waals surface area contributed by atoms with Gasteiger partial charge in [0.05, 0.1) is 12.1 Å². The predicted molar refractivity (Wildman–Crippen MR) is 103 cm³/mol. The van der Waals surface area contributed by atoms with Crippen molar-refractivity contribution in [2.45, 2.75) is 84.6 Å². The summed E-state index contributed by atoms with van der Waals surface area (Å²) in [5.41, 5.74) is 1.89. The zero-order valence-corrected chi connectivity index (χ0v) is 17.1. The minimum absolute atomic E-state index is 0.0817. The molecule has 1 amide bonds. The summed E-state index contributed by atoms with van der Waals surface area (Å²) in [5.74, 6) is 0.274. The molecule has 0 aromatic heterocycles. The van der Waals surface area contributed by atoms with Gasteiger partial charge in [0.2, 0.25) is 5.91 Å². The van der Waals surface area contributed by atoms with Crippen LogP contribution in [0.1, 0.15) is 78.5 Å². The van der Waals surface area contributed by atoms with Gasteiger partial charge < -0.3 is 15.5 Å². The largest absolute Gasteiger partial charge is 0.507 e. The molecule has 1 aromatic carbocycles. The Morgan fingerprint density at radius 1 is 0.960 bits per heavy atom. The molecule has 0 saturated carbocycles. The fourth-order valence-electron chi connectivity index (χ4n) is 2.72. The Kier molecular flexibility index (Phi) is 6.33. The number of nitrogens with one attached hydrogen (secondary N) is 1. The smallest absolute Gasteiger partial charge is 0.220 e. The quantitative estimate of drug-likeness (QED) is 0.757. The van der Waals surface area contributed by atoms with Gasteiger partial charge in [-0.3, -0.25) is 4.79 Å². The van der Waals surface area contributed by atoms with Gasteiger partial charge in [-0.2, -0.15) is 0 Å². The van der Waals surface area contributed by atoms with Gasteiger partial charge in [-0.25, -0.2) is 0 Å². The number of aromatic hydroxyl groups is 1. The van der Waals surface area contributed by atoms with Gasteiger partial charge in [-0.1, -0.05) is 53.7 Å². The molecule has 0 spiro atoms. The molecule has 0 aliphatic heterocycles. The third kappa shape index (κ3) is 6.03. The Morgan fingerprint density at radius 3 is 1.76 bits per heavy atom. The van der Waals surface area contributed by atoms with Crippen LogP contribution in [0.2, 0.25) is 0 Å². The molecule has 4 heteroatoms. The van der Waals surface area contributed by atoms with Crippen LogP contribution >= 0.6 is 0 Å². The average molecular weight is 350 g/mol. The zero-order chi connectivity index (χ0) is 19.6. The Labute approximate surface area is 152 Å². The lowest BCUT2D eigenvalue weighted by atomic mass is 9.78. The molecule has 0 saturated heterocycles. The lowest BCUT2D eigenvalue weighted by molar-refractivity contribution is -0.123. The minimum Gasteiger partial charge on any atom is -0.507 e. The lowest BCUT2D eigenvalue weighted by Crippen LogP contribution is -2.46. The molecular formula is C21H35NO3. The maximum absolute atomic E-state index is 12.1. The predicted octanol–water partition coefficient (Wildman–Crippen LogP) is 3.81. The van der Waals surface area contributed by atoms with Crippen molar-refractivity contribution >= 4 is 5.91 Å². The molecule has 25 heavy (non-hydrogen) atoms. The normalized spacial score (nSPS) is 13.0. The number of amides is 1. The Bertz CT molecular complexity index is 584. The third-order valence-electron chi connectivity index (χ3n) is 4.30. The van der Waals surface area contributed by atoms with Gasteiger partial charge in [0.15, 0.2) is 0 Å². The fourth-order valence-corrected chi connectivity index (χ4v) is 2.72. The van der Waals surface area contributed by atoms with E-state index in [9.17, 15) is 15.0 Å². The van der Waals surface area contributed by atoms with Crippen molar-refractivity contribution in [1.29, 1.82) is 0 Å². The van der Waals surface area contributed by atoms with E-state index in [4.69, 9.17) is 0 Å². The van der Waals surface area contributed by atoms with Gasteiger partial charge in [0.1, 0.15) is 5.75 Å². The number of carbonyl (C=O) groups is 1. The van der Waals surface area contributed by atoms with E-state index >= 15 is 0 Å². The molecule has 0 fully saturated rings. The highest BCUT2D eigenvalue weighted by molar-refractivity contribution is 5.77. The van der Waals surface area contributed by atoms with Crippen molar-refractivity contribution in [1.82, 2.24) is 5.32 Å². The average Bonchev–Trinajstić information content (AvgIpc) is 2.43. The molecule has 1 rings (SSSR count). The summed E-state index contributed by atoms with van der Waals surface area (Å²) in [4.78, 5) is 12.1. The number of benzene rings is 1.